The van der Waals surface area contributed by atoms with Gasteiger partial charge in [0.15, 0.2) is 5.65 Å². The highest BCUT2D eigenvalue weighted by Gasteiger charge is 2.15. The minimum absolute atomic E-state index is 0.00132. The second kappa shape index (κ2) is 7.64. The van der Waals surface area contributed by atoms with E-state index < -0.39 is 0 Å². The summed E-state index contributed by atoms with van der Waals surface area (Å²) in [7, 11) is 0. The third kappa shape index (κ3) is 3.47. The molecule has 4 rings (SSSR count). The molecule has 0 aliphatic carbocycles. The molecule has 0 aliphatic rings. The number of thioether (sulfide) groups is 1. The number of nitrogens with zero attached hydrogens (tertiary/aromatic N) is 3. The van der Waals surface area contributed by atoms with Crippen LogP contribution in [0.3, 0.4) is 0 Å². The van der Waals surface area contributed by atoms with Gasteiger partial charge >= 0.3 is 0 Å². The van der Waals surface area contributed by atoms with Crippen LogP contribution in [0.4, 0.5) is 5.69 Å². The molecule has 1 amide bonds. The molecule has 28 heavy (non-hydrogen) atoms. The van der Waals surface area contributed by atoms with Gasteiger partial charge in [0, 0.05) is 33.8 Å². The summed E-state index contributed by atoms with van der Waals surface area (Å²) >= 11 is 1.68. The Balaban J connectivity index is 1.54. The quantitative estimate of drug-likeness (QED) is 0.498. The normalized spacial score (nSPS) is 11.2. The Labute approximate surface area is 168 Å². The molecule has 0 atom stereocenters. The lowest BCUT2D eigenvalue weighted by Crippen LogP contribution is -2.14. The van der Waals surface area contributed by atoms with Crippen LogP contribution in [-0.2, 0) is 11.2 Å². The molecule has 0 saturated heterocycles. The Hall–Kier alpha value is -2.86. The number of aryl methyl sites for hydroxylation is 2. The lowest BCUT2D eigenvalue weighted by atomic mass is 10.1. The monoisotopic (exact) mass is 390 g/mol. The summed E-state index contributed by atoms with van der Waals surface area (Å²) in [5.41, 5.74) is 5.69. The van der Waals surface area contributed by atoms with Crippen LogP contribution in [0.5, 0.6) is 0 Å². The van der Waals surface area contributed by atoms with E-state index in [2.05, 4.69) is 10.4 Å². The molecule has 5 nitrogen and oxygen atoms in total. The number of rotatable bonds is 5. The zero-order valence-electron chi connectivity index (χ0n) is 16.2. The summed E-state index contributed by atoms with van der Waals surface area (Å²) in [5.74, 6) is 0.00132. The van der Waals surface area contributed by atoms with E-state index in [0.717, 1.165) is 39.2 Å². The number of hydrogen-bond acceptors (Lipinski definition) is 4. The SMILES string of the molecule is CSc1ccc(NC(=O)CCc2c(C)nc3c4ccccc4nn3c2C)cc1. The van der Waals surface area contributed by atoms with Crippen molar-refractivity contribution in [2.75, 3.05) is 11.6 Å². The Morgan fingerprint density at radius 2 is 1.86 bits per heavy atom. The van der Waals surface area contributed by atoms with Crippen molar-refractivity contribution in [1.29, 1.82) is 0 Å². The van der Waals surface area contributed by atoms with Gasteiger partial charge in [0.05, 0.1) is 5.52 Å². The highest BCUT2D eigenvalue weighted by molar-refractivity contribution is 7.98. The Kier molecular flexibility index (Phi) is 5.05. The third-order valence-corrected chi connectivity index (χ3v) is 5.74. The van der Waals surface area contributed by atoms with Gasteiger partial charge < -0.3 is 5.32 Å². The van der Waals surface area contributed by atoms with Gasteiger partial charge in [0.25, 0.3) is 0 Å². The topological polar surface area (TPSA) is 59.3 Å². The van der Waals surface area contributed by atoms with Crippen molar-refractivity contribution in [3.63, 3.8) is 0 Å². The second-order valence-corrected chi connectivity index (χ2v) is 7.67. The zero-order chi connectivity index (χ0) is 19.7. The largest absolute Gasteiger partial charge is 0.326 e. The standard InChI is InChI=1S/C22H22N4OS/c1-14-18(12-13-21(27)24-16-8-10-17(28-3)11-9-16)15(2)26-22(23-14)19-6-4-5-7-20(19)25-26/h4-11H,12-13H2,1-3H3,(H,24,27). The number of aromatic nitrogens is 3. The van der Waals surface area contributed by atoms with Gasteiger partial charge in [0.2, 0.25) is 5.91 Å². The van der Waals surface area contributed by atoms with Gasteiger partial charge in [-0.25, -0.2) is 9.50 Å². The van der Waals surface area contributed by atoms with Gasteiger partial charge in [-0.2, -0.15) is 5.10 Å². The average molecular weight is 391 g/mol. The molecule has 0 aliphatic heterocycles. The molecular formula is C22H22N4OS. The van der Waals surface area contributed by atoms with Crippen molar-refractivity contribution in [1.82, 2.24) is 14.6 Å². The molecule has 0 spiro atoms. The molecular weight excluding hydrogens is 368 g/mol. The molecule has 0 radical (unpaired) electrons. The van der Waals surface area contributed by atoms with E-state index in [0.29, 0.717) is 12.8 Å². The molecule has 0 saturated carbocycles. The molecule has 2 aromatic carbocycles. The van der Waals surface area contributed by atoms with Crippen LogP contribution < -0.4 is 5.32 Å². The van der Waals surface area contributed by atoms with Gasteiger partial charge in [-0.1, -0.05) is 12.1 Å². The van der Waals surface area contributed by atoms with Gasteiger partial charge in [-0.15, -0.1) is 11.8 Å². The summed E-state index contributed by atoms with van der Waals surface area (Å²) in [6.07, 6.45) is 3.07. The number of carbonyl (C=O) groups excluding carboxylic acids is 1. The van der Waals surface area contributed by atoms with Crippen molar-refractivity contribution >= 4 is 39.9 Å². The van der Waals surface area contributed by atoms with E-state index in [-0.39, 0.29) is 5.91 Å². The predicted octanol–water partition coefficient (Wildman–Crippen LogP) is 4.79. The summed E-state index contributed by atoms with van der Waals surface area (Å²) in [6.45, 7) is 4.05. The number of carbonyl (C=O) groups is 1. The summed E-state index contributed by atoms with van der Waals surface area (Å²) in [4.78, 5) is 18.4. The minimum Gasteiger partial charge on any atom is -0.326 e. The lowest BCUT2D eigenvalue weighted by molar-refractivity contribution is -0.116. The number of amides is 1. The van der Waals surface area contributed by atoms with Crippen molar-refractivity contribution in [3.05, 3.63) is 65.5 Å². The van der Waals surface area contributed by atoms with E-state index in [1.54, 1.807) is 11.8 Å². The van der Waals surface area contributed by atoms with Crippen molar-refractivity contribution in [2.45, 2.75) is 31.6 Å². The summed E-state index contributed by atoms with van der Waals surface area (Å²) in [5, 5.41) is 8.70. The highest BCUT2D eigenvalue weighted by Crippen LogP contribution is 2.23. The first-order chi connectivity index (χ1) is 13.6. The first-order valence-corrected chi connectivity index (χ1v) is 10.5. The number of nitrogens with one attached hydrogen (secondary N) is 1. The highest BCUT2D eigenvalue weighted by atomic mass is 32.2. The van der Waals surface area contributed by atoms with E-state index in [1.165, 1.54) is 4.90 Å². The Morgan fingerprint density at radius 3 is 2.61 bits per heavy atom. The maximum absolute atomic E-state index is 12.4. The average Bonchev–Trinajstić information content (AvgIpc) is 3.07. The second-order valence-electron chi connectivity index (χ2n) is 6.79. The van der Waals surface area contributed by atoms with Crippen molar-refractivity contribution < 1.29 is 4.79 Å². The van der Waals surface area contributed by atoms with Crippen LogP contribution in [0.25, 0.3) is 16.6 Å². The van der Waals surface area contributed by atoms with Crippen LogP contribution in [0.1, 0.15) is 23.4 Å². The van der Waals surface area contributed by atoms with Crippen LogP contribution in [0.2, 0.25) is 0 Å². The van der Waals surface area contributed by atoms with Crippen LogP contribution >= 0.6 is 11.8 Å². The first kappa shape index (κ1) is 18.5. The fourth-order valence-electron chi connectivity index (χ4n) is 3.47. The number of fused-ring (bicyclic) bond motifs is 3. The molecule has 0 fully saturated rings. The van der Waals surface area contributed by atoms with Gasteiger partial charge in [0.1, 0.15) is 0 Å². The molecule has 0 unspecified atom stereocenters. The third-order valence-electron chi connectivity index (χ3n) is 4.99. The predicted molar refractivity (Wildman–Crippen MR) is 115 cm³/mol. The number of benzene rings is 2. The number of hydrogen-bond donors (Lipinski definition) is 1. The maximum Gasteiger partial charge on any atom is 0.224 e. The van der Waals surface area contributed by atoms with Crippen LogP contribution in [-0.4, -0.2) is 26.8 Å². The molecule has 142 valence electrons. The van der Waals surface area contributed by atoms with Gasteiger partial charge in [-0.05, 0) is 68.5 Å². The van der Waals surface area contributed by atoms with E-state index in [9.17, 15) is 4.79 Å². The fraction of sp³-hybridized carbons (Fsp3) is 0.227. The fourth-order valence-corrected chi connectivity index (χ4v) is 3.88. The lowest BCUT2D eigenvalue weighted by Gasteiger charge is -2.11. The van der Waals surface area contributed by atoms with E-state index in [4.69, 9.17) is 4.98 Å². The smallest absolute Gasteiger partial charge is 0.224 e. The van der Waals surface area contributed by atoms with E-state index in [1.807, 2.05) is 73.1 Å². The summed E-state index contributed by atoms with van der Waals surface area (Å²) < 4.78 is 1.89. The zero-order valence-corrected chi connectivity index (χ0v) is 17.0. The van der Waals surface area contributed by atoms with Crippen molar-refractivity contribution in [2.24, 2.45) is 0 Å². The summed E-state index contributed by atoms with van der Waals surface area (Å²) in [6, 6.07) is 15.9. The Morgan fingerprint density at radius 1 is 1.11 bits per heavy atom. The Bertz CT molecular complexity index is 1160. The molecule has 1 N–H and O–H groups in total. The maximum atomic E-state index is 12.4. The van der Waals surface area contributed by atoms with Crippen molar-refractivity contribution in [3.8, 4) is 0 Å². The molecule has 6 heteroatoms. The van der Waals surface area contributed by atoms with E-state index >= 15 is 0 Å². The molecule has 2 heterocycles. The molecule has 2 aromatic heterocycles. The minimum atomic E-state index is 0.00132. The molecule has 4 aromatic rings. The van der Waals surface area contributed by atoms with Gasteiger partial charge in [-0.3, -0.25) is 4.79 Å². The number of anilines is 1. The van der Waals surface area contributed by atoms with Crippen LogP contribution in [0, 0.1) is 13.8 Å². The van der Waals surface area contributed by atoms with Crippen LogP contribution in [0.15, 0.2) is 53.4 Å². The first-order valence-electron chi connectivity index (χ1n) is 9.24. The molecule has 0 bridgehead atoms.